The molecular formula is C28H26N2O2S. The number of pyridine rings is 1. The third-order valence-electron chi connectivity index (χ3n) is 7.76. The first-order valence-corrected chi connectivity index (χ1v) is 12.4. The van der Waals surface area contributed by atoms with Crippen LogP contribution >= 0.6 is 11.3 Å². The van der Waals surface area contributed by atoms with Crippen molar-refractivity contribution >= 4 is 33.8 Å². The molecule has 2 aliphatic carbocycles. The third kappa shape index (κ3) is 3.25. The fourth-order valence-electron chi connectivity index (χ4n) is 6.39. The number of fused-ring (bicyclic) bond motifs is 3. The minimum Gasteiger partial charge on any atom is -0.497 e. The van der Waals surface area contributed by atoms with Gasteiger partial charge in [0.15, 0.2) is 0 Å². The second-order valence-corrected chi connectivity index (χ2v) is 10.3. The van der Waals surface area contributed by atoms with Crippen LogP contribution in [0.2, 0.25) is 0 Å². The molecule has 0 radical (unpaired) electrons. The smallest absolute Gasteiger partial charge is 0.229 e. The maximum absolute atomic E-state index is 14.1. The van der Waals surface area contributed by atoms with E-state index in [9.17, 15) is 4.79 Å². The number of amides is 1. The molecule has 2 aliphatic rings. The number of rotatable bonds is 5. The first-order valence-electron chi connectivity index (χ1n) is 11.5. The van der Waals surface area contributed by atoms with E-state index in [-0.39, 0.29) is 23.2 Å². The van der Waals surface area contributed by atoms with Gasteiger partial charge in [-0.15, -0.1) is 11.3 Å². The molecule has 0 saturated heterocycles. The highest BCUT2D eigenvalue weighted by Crippen LogP contribution is 2.65. The van der Waals surface area contributed by atoms with Gasteiger partial charge in [-0.2, -0.15) is 0 Å². The van der Waals surface area contributed by atoms with E-state index in [1.165, 1.54) is 10.4 Å². The van der Waals surface area contributed by atoms with E-state index in [1.54, 1.807) is 24.6 Å². The number of anilines is 1. The minimum absolute atomic E-state index is 0.101. The number of methoxy groups -OCH3 is 1. The Morgan fingerprint density at radius 3 is 2.73 bits per heavy atom. The molecule has 6 rings (SSSR count). The van der Waals surface area contributed by atoms with Crippen molar-refractivity contribution in [2.24, 2.45) is 11.8 Å². The van der Waals surface area contributed by atoms with Gasteiger partial charge in [0.2, 0.25) is 5.91 Å². The summed E-state index contributed by atoms with van der Waals surface area (Å²) in [7, 11) is 1.69. The number of carbonyl (C=O) groups is 1. The zero-order chi connectivity index (χ0) is 22.4. The molecule has 5 heteroatoms. The molecule has 1 N–H and O–H groups in total. The predicted octanol–water partition coefficient (Wildman–Crippen LogP) is 6.40. The topological polar surface area (TPSA) is 51.2 Å². The number of thiophene rings is 1. The van der Waals surface area contributed by atoms with Crippen molar-refractivity contribution in [2.45, 2.75) is 30.6 Å². The number of benzene rings is 2. The van der Waals surface area contributed by atoms with Gasteiger partial charge in [0.05, 0.1) is 24.2 Å². The van der Waals surface area contributed by atoms with E-state index in [0.717, 1.165) is 41.6 Å². The van der Waals surface area contributed by atoms with Crippen molar-refractivity contribution in [3.05, 3.63) is 88.7 Å². The summed E-state index contributed by atoms with van der Waals surface area (Å²) in [5.74, 6) is 1.59. The first-order chi connectivity index (χ1) is 16.2. The molecule has 2 fully saturated rings. The number of hydrogen-bond donors (Lipinski definition) is 1. The standard InChI is InChI=1S/C28H26N2O2S/c1-32-21-11-9-20(10-12-21)28-14-13-19(17-28)24(23-8-4-16-33-23)25(28)27(31)30-22-7-2-5-18-6-3-15-29-26(18)22/h2-12,15-16,19,24-25H,13-14,17H2,1H3,(H,30,31). The Morgan fingerprint density at radius 2 is 1.94 bits per heavy atom. The van der Waals surface area contributed by atoms with Crippen molar-refractivity contribution in [1.29, 1.82) is 0 Å². The van der Waals surface area contributed by atoms with Gasteiger partial charge in [0, 0.05) is 27.8 Å². The largest absolute Gasteiger partial charge is 0.497 e. The van der Waals surface area contributed by atoms with Crippen molar-refractivity contribution in [3.8, 4) is 5.75 Å². The van der Waals surface area contributed by atoms with Crippen LogP contribution < -0.4 is 10.1 Å². The normalized spacial score (nSPS) is 25.9. The Bertz CT molecular complexity index is 1300. The molecule has 2 aromatic carbocycles. The fourth-order valence-corrected chi connectivity index (χ4v) is 7.35. The Labute approximate surface area is 197 Å². The van der Waals surface area contributed by atoms with Gasteiger partial charge < -0.3 is 10.1 Å². The van der Waals surface area contributed by atoms with Crippen LogP contribution in [0.1, 0.15) is 35.6 Å². The molecule has 4 nitrogen and oxygen atoms in total. The summed E-state index contributed by atoms with van der Waals surface area (Å²) in [6.07, 6.45) is 5.03. The van der Waals surface area contributed by atoms with E-state index >= 15 is 0 Å². The van der Waals surface area contributed by atoms with Gasteiger partial charge in [-0.1, -0.05) is 36.4 Å². The molecule has 2 heterocycles. The first kappa shape index (κ1) is 20.4. The van der Waals surface area contributed by atoms with Crippen molar-refractivity contribution in [1.82, 2.24) is 4.98 Å². The highest BCUT2D eigenvalue weighted by molar-refractivity contribution is 7.10. The summed E-state index contributed by atoms with van der Waals surface area (Å²) in [6, 6.07) is 22.6. The molecule has 2 bridgehead atoms. The highest BCUT2D eigenvalue weighted by atomic mass is 32.1. The summed E-state index contributed by atoms with van der Waals surface area (Å²) < 4.78 is 5.40. The minimum atomic E-state index is -0.159. The number of nitrogens with zero attached hydrogens (tertiary/aromatic N) is 1. The summed E-state index contributed by atoms with van der Waals surface area (Å²) >= 11 is 1.78. The van der Waals surface area contributed by atoms with E-state index < -0.39 is 0 Å². The SMILES string of the molecule is COc1ccc(C23CCC(C2)C(c2cccs2)C3C(=O)Nc2cccc3cccnc23)cc1. The lowest BCUT2D eigenvalue weighted by atomic mass is 9.66. The monoisotopic (exact) mass is 454 g/mol. The van der Waals surface area contributed by atoms with Crippen molar-refractivity contribution in [3.63, 3.8) is 0 Å². The van der Waals surface area contributed by atoms with Crippen LogP contribution in [0.25, 0.3) is 10.9 Å². The van der Waals surface area contributed by atoms with Crippen LogP contribution in [-0.2, 0) is 10.2 Å². The third-order valence-corrected chi connectivity index (χ3v) is 8.73. The molecule has 4 unspecified atom stereocenters. The summed E-state index contributed by atoms with van der Waals surface area (Å²) in [6.45, 7) is 0. The number of hydrogen-bond acceptors (Lipinski definition) is 4. The lowest BCUT2D eigenvalue weighted by Crippen LogP contribution is -2.42. The van der Waals surface area contributed by atoms with Crippen molar-refractivity contribution < 1.29 is 9.53 Å². The maximum Gasteiger partial charge on any atom is 0.229 e. The quantitative estimate of drug-likeness (QED) is 0.380. The highest BCUT2D eigenvalue weighted by Gasteiger charge is 2.61. The van der Waals surface area contributed by atoms with Gasteiger partial charge in [-0.05, 0) is 66.5 Å². The van der Waals surface area contributed by atoms with Crippen LogP contribution in [0.5, 0.6) is 5.75 Å². The lowest BCUT2D eigenvalue weighted by molar-refractivity contribution is -0.122. The van der Waals surface area contributed by atoms with Crippen molar-refractivity contribution in [2.75, 3.05) is 12.4 Å². The summed E-state index contributed by atoms with van der Waals surface area (Å²) in [5.41, 5.74) is 2.72. The molecule has 0 spiro atoms. The Balaban J connectivity index is 1.43. The van der Waals surface area contributed by atoms with Gasteiger partial charge in [0.1, 0.15) is 5.75 Å². The molecule has 2 saturated carbocycles. The predicted molar refractivity (Wildman–Crippen MR) is 133 cm³/mol. The van der Waals surface area contributed by atoms with E-state index in [1.807, 2.05) is 42.5 Å². The van der Waals surface area contributed by atoms with E-state index in [4.69, 9.17) is 4.74 Å². The average molecular weight is 455 g/mol. The molecular weight excluding hydrogens is 428 g/mol. The fraction of sp³-hybridized carbons (Fsp3) is 0.286. The zero-order valence-corrected chi connectivity index (χ0v) is 19.3. The van der Waals surface area contributed by atoms with Crippen LogP contribution in [0.15, 0.2) is 78.3 Å². The second-order valence-electron chi connectivity index (χ2n) is 9.28. The average Bonchev–Trinajstić information content (AvgIpc) is 3.60. The van der Waals surface area contributed by atoms with Gasteiger partial charge >= 0.3 is 0 Å². The maximum atomic E-state index is 14.1. The molecule has 2 aromatic heterocycles. The van der Waals surface area contributed by atoms with Crippen LogP contribution in [-0.4, -0.2) is 18.0 Å². The Kier molecular flexibility index (Phi) is 4.95. The number of carbonyl (C=O) groups excluding carboxylic acids is 1. The van der Waals surface area contributed by atoms with Crippen LogP contribution in [0, 0.1) is 11.8 Å². The molecule has 0 aliphatic heterocycles. The molecule has 4 aromatic rings. The second kappa shape index (κ2) is 7.99. The molecule has 33 heavy (non-hydrogen) atoms. The zero-order valence-electron chi connectivity index (χ0n) is 18.5. The van der Waals surface area contributed by atoms with E-state index in [0.29, 0.717) is 5.92 Å². The Hall–Kier alpha value is -3.18. The van der Waals surface area contributed by atoms with Crippen LogP contribution in [0.3, 0.4) is 0 Å². The van der Waals surface area contributed by atoms with E-state index in [2.05, 4.69) is 39.9 Å². The number of aromatic nitrogens is 1. The molecule has 4 atom stereocenters. The number of ether oxygens (including phenoxy) is 1. The number of nitrogens with one attached hydrogen (secondary N) is 1. The van der Waals surface area contributed by atoms with Crippen LogP contribution in [0.4, 0.5) is 5.69 Å². The van der Waals surface area contributed by atoms with Gasteiger partial charge in [-0.3, -0.25) is 9.78 Å². The summed E-state index contributed by atoms with van der Waals surface area (Å²) in [5, 5.41) is 6.46. The molecule has 166 valence electrons. The lowest BCUT2D eigenvalue weighted by Gasteiger charge is -2.38. The van der Waals surface area contributed by atoms with Gasteiger partial charge in [0.25, 0.3) is 0 Å². The summed E-state index contributed by atoms with van der Waals surface area (Å²) in [4.78, 5) is 20.0. The number of para-hydroxylation sites is 1. The Morgan fingerprint density at radius 1 is 1.09 bits per heavy atom. The molecule has 1 amide bonds. The van der Waals surface area contributed by atoms with Gasteiger partial charge in [-0.25, -0.2) is 0 Å².